The largest absolute Gasteiger partial charge is 0.330 e. The van der Waals surface area contributed by atoms with Crippen LogP contribution in [0.2, 0.25) is 0 Å². The third kappa shape index (κ3) is 5.09. The molecule has 0 unspecified atom stereocenters. The van der Waals surface area contributed by atoms with E-state index in [1.54, 1.807) is 6.92 Å². The van der Waals surface area contributed by atoms with Gasteiger partial charge in [-0.2, -0.15) is 0 Å². The van der Waals surface area contributed by atoms with Gasteiger partial charge >= 0.3 is 15.2 Å². The Bertz CT molecular complexity index is 248. The summed E-state index contributed by atoms with van der Waals surface area (Å²) in [5.41, 5.74) is 0. The minimum atomic E-state index is -3.08. The third-order valence-corrected chi connectivity index (χ3v) is 6.55. The summed E-state index contributed by atoms with van der Waals surface area (Å²) in [4.78, 5) is 0. The standard InChI is InChI=1S/C8H20O6P2/c1-8(6-15(9,11-2)12-3)7-16(10,13-4)14-5/h8H,6-7H2,1-5H3. The zero-order chi connectivity index (χ0) is 12.8. The van der Waals surface area contributed by atoms with Crippen molar-refractivity contribution in [2.75, 3.05) is 40.8 Å². The van der Waals surface area contributed by atoms with Gasteiger partial charge in [-0.25, -0.2) is 0 Å². The van der Waals surface area contributed by atoms with Gasteiger partial charge < -0.3 is 18.1 Å². The highest BCUT2D eigenvalue weighted by Gasteiger charge is 2.30. The van der Waals surface area contributed by atoms with Crippen molar-refractivity contribution < 1.29 is 27.2 Å². The van der Waals surface area contributed by atoms with Crippen LogP contribution in [0.15, 0.2) is 0 Å². The molecular formula is C8H20O6P2. The van der Waals surface area contributed by atoms with Crippen LogP contribution >= 0.6 is 15.2 Å². The molecule has 0 saturated heterocycles. The summed E-state index contributed by atoms with van der Waals surface area (Å²) in [6.07, 6.45) is 0.355. The van der Waals surface area contributed by atoms with Crippen molar-refractivity contribution in [3.8, 4) is 0 Å². The maximum absolute atomic E-state index is 11.8. The van der Waals surface area contributed by atoms with E-state index in [1.807, 2.05) is 0 Å². The van der Waals surface area contributed by atoms with Crippen LogP contribution in [0.4, 0.5) is 0 Å². The van der Waals surface area contributed by atoms with Gasteiger partial charge in [-0.3, -0.25) is 9.13 Å². The van der Waals surface area contributed by atoms with Crippen molar-refractivity contribution in [1.29, 1.82) is 0 Å². The first-order valence-electron chi connectivity index (χ1n) is 4.75. The molecule has 8 heteroatoms. The van der Waals surface area contributed by atoms with Gasteiger partial charge in [-0.1, -0.05) is 6.92 Å². The molecular weight excluding hydrogens is 254 g/mol. The number of rotatable bonds is 8. The lowest BCUT2D eigenvalue weighted by Gasteiger charge is -2.21. The molecule has 16 heavy (non-hydrogen) atoms. The average Bonchev–Trinajstić information content (AvgIpc) is 2.28. The van der Waals surface area contributed by atoms with Gasteiger partial charge in [0.05, 0.1) is 12.3 Å². The number of hydrogen-bond donors (Lipinski definition) is 0. The Kier molecular flexibility index (Phi) is 7.03. The maximum Gasteiger partial charge on any atom is 0.330 e. The topological polar surface area (TPSA) is 71.1 Å². The van der Waals surface area contributed by atoms with Crippen LogP contribution in [0, 0.1) is 5.92 Å². The lowest BCUT2D eigenvalue weighted by Crippen LogP contribution is -2.11. The Morgan fingerprint density at radius 3 is 1.25 bits per heavy atom. The summed E-state index contributed by atoms with van der Waals surface area (Å²) < 4.78 is 42.8. The summed E-state index contributed by atoms with van der Waals surface area (Å²) in [6, 6.07) is 0. The third-order valence-electron chi connectivity index (χ3n) is 2.18. The fourth-order valence-corrected chi connectivity index (χ4v) is 4.15. The molecule has 98 valence electrons. The molecule has 0 fully saturated rings. The zero-order valence-electron chi connectivity index (χ0n) is 10.3. The van der Waals surface area contributed by atoms with Crippen molar-refractivity contribution in [2.45, 2.75) is 6.92 Å². The van der Waals surface area contributed by atoms with Gasteiger partial charge in [0.1, 0.15) is 0 Å². The molecule has 0 N–H and O–H groups in total. The Morgan fingerprint density at radius 2 is 1.06 bits per heavy atom. The average molecular weight is 274 g/mol. The monoisotopic (exact) mass is 274 g/mol. The molecule has 0 saturated carbocycles. The van der Waals surface area contributed by atoms with Crippen molar-refractivity contribution in [1.82, 2.24) is 0 Å². The van der Waals surface area contributed by atoms with E-state index in [2.05, 4.69) is 0 Å². The molecule has 0 rings (SSSR count). The van der Waals surface area contributed by atoms with E-state index in [4.69, 9.17) is 18.1 Å². The molecule has 0 aliphatic heterocycles. The van der Waals surface area contributed by atoms with Gasteiger partial charge in [0, 0.05) is 28.4 Å². The second-order valence-corrected chi connectivity index (χ2v) is 8.06. The van der Waals surface area contributed by atoms with Crippen molar-refractivity contribution in [3.63, 3.8) is 0 Å². The summed E-state index contributed by atoms with van der Waals surface area (Å²) >= 11 is 0. The van der Waals surface area contributed by atoms with Crippen LogP contribution in [0.3, 0.4) is 0 Å². The fraction of sp³-hybridized carbons (Fsp3) is 1.00. The summed E-state index contributed by atoms with van der Waals surface area (Å²) in [5.74, 6) is -0.156. The van der Waals surface area contributed by atoms with Crippen LogP contribution in [0.5, 0.6) is 0 Å². The van der Waals surface area contributed by atoms with Crippen molar-refractivity contribution in [2.24, 2.45) is 5.92 Å². The first-order valence-corrected chi connectivity index (χ1v) is 8.21. The van der Waals surface area contributed by atoms with E-state index >= 15 is 0 Å². The molecule has 0 spiro atoms. The minimum absolute atomic E-state index is 0.156. The van der Waals surface area contributed by atoms with Crippen molar-refractivity contribution in [3.05, 3.63) is 0 Å². The quantitative estimate of drug-likeness (QED) is 0.633. The highest BCUT2D eigenvalue weighted by Crippen LogP contribution is 2.53. The SMILES string of the molecule is COP(=O)(CC(C)CP(=O)(OC)OC)OC. The first-order chi connectivity index (χ1) is 7.34. The van der Waals surface area contributed by atoms with Crippen molar-refractivity contribution >= 4 is 15.2 Å². The Balaban J connectivity index is 4.43. The maximum atomic E-state index is 11.8. The Labute approximate surface area is 96.7 Å². The molecule has 0 bridgehead atoms. The van der Waals surface area contributed by atoms with Gasteiger partial charge in [0.15, 0.2) is 0 Å². The van der Waals surface area contributed by atoms with Crippen LogP contribution in [-0.4, -0.2) is 40.8 Å². The van der Waals surface area contributed by atoms with Crippen LogP contribution in [-0.2, 0) is 27.2 Å². The molecule has 0 heterocycles. The Morgan fingerprint density at radius 1 is 0.812 bits per heavy atom. The van der Waals surface area contributed by atoms with E-state index < -0.39 is 15.2 Å². The van der Waals surface area contributed by atoms with Gasteiger partial charge in [0.25, 0.3) is 0 Å². The molecule has 0 aliphatic rings. The Hall–Kier alpha value is 0.300. The van der Waals surface area contributed by atoms with E-state index in [1.165, 1.54) is 28.4 Å². The lowest BCUT2D eigenvalue weighted by molar-refractivity contribution is 0.263. The highest BCUT2D eigenvalue weighted by molar-refractivity contribution is 7.54. The van der Waals surface area contributed by atoms with Gasteiger partial charge in [-0.05, 0) is 5.92 Å². The lowest BCUT2D eigenvalue weighted by atomic mass is 10.3. The fourth-order valence-electron chi connectivity index (χ4n) is 1.27. The molecule has 0 aromatic carbocycles. The summed E-state index contributed by atoms with van der Waals surface area (Å²) in [7, 11) is -0.862. The minimum Gasteiger partial charge on any atom is -0.312 e. The molecule has 0 aromatic heterocycles. The van der Waals surface area contributed by atoms with E-state index in [0.29, 0.717) is 0 Å². The van der Waals surface area contributed by atoms with E-state index in [9.17, 15) is 9.13 Å². The zero-order valence-corrected chi connectivity index (χ0v) is 12.1. The second-order valence-electron chi connectivity index (χ2n) is 3.42. The smallest absolute Gasteiger partial charge is 0.312 e. The molecule has 0 aliphatic carbocycles. The van der Waals surface area contributed by atoms with E-state index in [0.717, 1.165) is 0 Å². The first kappa shape index (κ1) is 16.3. The van der Waals surface area contributed by atoms with E-state index in [-0.39, 0.29) is 18.2 Å². The van der Waals surface area contributed by atoms with Crippen LogP contribution in [0.1, 0.15) is 6.92 Å². The van der Waals surface area contributed by atoms with Gasteiger partial charge in [0.2, 0.25) is 0 Å². The predicted molar refractivity (Wildman–Crippen MR) is 62.1 cm³/mol. The molecule has 0 radical (unpaired) electrons. The molecule has 0 amide bonds. The van der Waals surface area contributed by atoms with Crippen LogP contribution < -0.4 is 0 Å². The second kappa shape index (κ2) is 6.90. The summed E-state index contributed by atoms with van der Waals surface area (Å²) in [5, 5.41) is 0. The normalized spacial score (nSPS) is 13.4. The number of hydrogen-bond acceptors (Lipinski definition) is 6. The summed E-state index contributed by atoms with van der Waals surface area (Å²) in [6.45, 7) is 1.79. The highest BCUT2D eigenvalue weighted by atomic mass is 31.2. The molecule has 0 aromatic rings. The van der Waals surface area contributed by atoms with Crippen LogP contribution in [0.25, 0.3) is 0 Å². The predicted octanol–water partition coefficient (Wildman–Crippen LogP) is 2.59. The van der Waals surface area contributed by atoms with Gasteiger partial charge in [-0.15, -0.1) is 0 Å². The molecule has 0 atom stereocenters. The molecule has 6 nitrogen and oxygen atoms in total.